The maximum absolute atomic E-state index is 14.9. The number of aliphatic hydroxyl groups is 1. The van der Waals surface area contributed by atoms with Gasteiger partial charge in [0.2, 0.25) is 0 Å². The Bertz CT molecular complexity index is 2400. The number of phenols is 2. The van der Waals surface area contributed by atoms with Crippen molar-refractivity contribution in [3.8, 4) is 17.2 Å². The molecule has 1 amide bonds. The van der Waals surface area contributed by atoms with Crippen LogP contribution in [-0.2, 0) is 23.8 Å². The summed E-state index contributed by atoms with van der Waals surface area (Å²) in [6.07, 6.45) is 7.28. The summed E-state index contributed by atoms with van der Waals surface area (Å²) < 4.78 is 25.3. The van der Waals surface area contributed by atoms with Gasteiger partial charge in [-0.3, -0.25) is 24.4 Å². The average Bonchev–Trinajstić information content (AvgIpc) is 3.74. The molecule has 1 spiro atoms. The predicted molar refractivity (Wildman–Crippen MR) is 244 cm³/mol. The first-order chi connectivity index (χ1) is 29.9. The number of hydrogen-bond donors (Lipinski definition) is 4. The molecular weight excluding hydrogens is 817 g/mol. The fourth-order valence-corrected chi connectivity index (χ4v) is 10.5. The predicted octanol–water partition coefficient (Wildman–Crippen LogP) is 6.95. The first kappa shape index (κ1) is 48.7. The average molecular weight is 888 g/mol. The lowest BCUT2D eigenvalue weighted by Gasteiger charge is -2.49. The molecule has 4 N–H and O–H groups in total. The first-order valence-corrected chi connectivity index (χ1v) is 23.0. The van der Waals surface area contributed by atoms with Crippen LogP contribution < -0.4 is 20.8 Å². The number of rotatable bonds is 5. The molecule has 0 aromatic heterocycles. The number of quaternary nitrogens is 1. The molecule has 1 fully saturated rings. The normalized spacial score (nSPS) is 35.3. The molecule has 6 rings (SSSR count). The minimum absolute atomic E-state index is 0.0212. The Hall–Kier alpha value is -4.79. The molecule has 9 atom stereocenters. The maximum atomic E-state index is 14.9. The lowest BCUT2D eigenvalue weighted by atomic mass is 9.73. The lowest BCUT2D eigenvalue weighted by molar-refractivity contribution is -0.955. The van der Waals surface area contributed by atoms with Crippen molar-refractivity contribution in [2.24, 2.45) is 45.5 Å². The zero-order valence-corrected chi connectivity index (χ0v) is 40.2. The highest BCUT2D eigenvalue weighted by Crippen LogP contribution is 2.50. The molecule has 2 aromatic carbocycles. The smallest absolute Gasteiger partial charge is 0.312 e. The van der Waals surface area contributed by atoms with Crippen LogP contribution in [0, 0.1) is 42.4 Å². The van der Waals surface area contributed by atoms with Gasteiger partial charge in [-0.25, -0.2) is 0 Å². The number of carbonyl (C=O) groups excluding carboxylic acids is 3. The number of anilines is 1. The highest BCUT2D eigenvalue weighted by molar-refractivity contribution is 6.19. The number of nitrogens with zero attached hydrogens (tertiary/aromatic N) is 3. The van der Waals surface area contributed by atoms with Gasteiger partial charge in [-0.15, -0.1) is 0 Å². The van der Waals surface area contributed by atoms with E-state index in [1.165, 1.54) is 27.2 Å². The third-order valence-electron chi connectivity index (χ3n) is 14.9. The number of hydrogen-bond acceptors (Lipinski definition) is 12. The number of ketones is 1. The molecule has 1 saturated heterocycles. The van der Waals surface area contributed by atoms with Crippen molar-refractivity contribution in [1.29, 1.82) is 0 Å². The van der Waals surface area contributed by atoms with E-state index in [1.807, 2.05) is 40.7 Å². The molecule has 4 aliphatic rings. The number of benzene rings is 2. The third-order valence-corrected chi connectivity index (χ3v) is 14.9. The summed E-state index contributed by atoms with van der Waals surface area (Å²) in [4.78, 5) is 52.0. The van der Waals surface area contributed by atoms with Crippen LogP contribution >= 0.6 is 0 Å². The quantitative estimate of drug-likeness (QED) is 0.139. The SMILES string of the molecule is CO[C@H]1/C=C/O[C@@]2(C)Oc3c(C)c(O)c4c(O)c(c5c(c4c3C2=O)=NC2(CC[N+](CC(C)C)(C(C)C)CC2)N=5)NC(=O)/C(C)=C\C=C\[C@H](C)[C@H](O)[C@@H](C)[C@@H](C)[C@@H](C)[C@H](OC(C)=O)[C@@H]1C. The van der Waals surface area contributed by atoms with Crippen LogP contribution in [0.3, 0.4) is 0 Å². The number of fused-ring (bicyclic) bond motifs is 1. The number of piperidine rings is 1. The molecule has 64 heavy (non-hydrogen) atoms. The number of allylic oxidation sites excluding steroid dienone is 2. The molecule has 4 aliphatic heterocycles. The van der Waals surface area contributed by atoms with E-state index in [2.05, 4.69) is 33.0 Å². The Labute approximate surface area is 377 Å². The van der Waals surface area contributed by atoms with Gasteiger partial charge in [0.05, 0.1) is 60.5 Å². The Morgan fingerprint density at radius 3 is 2.17 bits per heavy atom. The number of aliphatic hydroxyl groups excluding tert-OH is 1. The van der Waals surface area contributed by atoms with Gasteiger partial charge >= 0.3 is 11.8 Å². The Kier molecular flexibility index (Phi) is 13.9. The third kappa shape index (κ3) is 8.69. The van der Waals surface area contributed by atoms with Crippen LogP contribution in [0.2, 0.25) is 0 Å². The maximum Gasteiger partial charge on any atom is 0.312 e. The van der Waals surface area contributed by atoms with E-state index < -0.39 is 59.1 Å². The Morgan fingerprint density at radius 2 is 1.58 bits per heavy atom. The number of esters is 1. The van der Waals surface area contributed by atoms with Crippen LogP contribution in [0.15, 0.2) is 46.1 Å². The van der Waals surface area contributed by atoms with Crippen LogP contribution in [0.5, 0.6) is 17.2 Å². The number of amides is 1. The van der Waals surface area contributed by atoms with Crippen LogP contribution in [0.1, 0.15) is 112 Å². The monoisotopic (exact) mass is 888 g/mol. The van der Waals surface area contributed by atoms with Crippen molar-refractivity contribution in [1.82, 2.24) is 0 Å². The van der Waals surface area contributed by atoms with E-state index in [9.17, 15) is 29.7 Å². The number of methoxy groups -OCH3 is 1. The topological polar surface area (TPSA) is 186 Å². The number of nitrogens with one attached hydrogen (secondary N) is 1. The second kappa shape index (κ2) is 18.2. The van der Waals surface area contributed by atoms with Crippen molar-refractivity contribution in [2.75, 3.05) is 32.1 Å². The summed E-state index contributed by atoms with van der Waals surface area (Å²) in [7, 11) is 1.53. The largest absolute Gasteiger partial charge is 0.507 e. The van der Waals surface area contributed by atoms with Crippen molar-refractivity contribution in [2.45, 2.75) is 139 Å². The number of aromatic hydroxyl groups is 2. The summed E-state index contributed by atoms with van der Waals surface area (Å²) in [5.41, 5.74) is -0.421. The number of Topliss-reactive ketones (excluding diaryl/α,β-unsaturated/α-hetero) is 1. The van der Waals surface area contributed by atoms with Gasteiger partial charge in [0.15, 0.2) is 11.4 Å². The van der Waals surface area contributed by atoms with E-state index in [4.69, 9.17) is 28.9 Å². The summed E-state index contributed by atoms with van der Waals surface area (Å²) in [6, 6.07) is 0.364. The molecule has 0 aliphatic carbocycles. The molecule has 0 radical (unpaired) electrons. The number of likely N-dealkylation sites (tertiary alicyclic amines) is 1. The van der Waals surface area contributed by atoms with E-state index in [0.29, 0.717) is 30.4 Å². The fourth-order valence-electron chi connectivity index (χ4n) is 10.5. The Morgan fingerprint density at radius 1 is 0.938 bits per heavy atom. The molecule has 14 nitrogen and oxygen atoms in total. The molecule has 2 aromatic rings. The van der Waals surface area contributed by atoms with E-state index >= 15 is 0 Å². The highest BCUT2D eigenvalue weighted by atomic mass is 16.7. The second-order valence-corrected chi connectivity index (χ2v) is 20.0. The van der Waals surface area contributed by atoms with Crippen molar-refractivity contribution >= 4 is 34.1 Å². The summed E-state index contributed by atoms with van der Waals surface area (Å²) in [5.74, 6) is -5.04. The molecule has 4 bridgehead atoms. The van der Waals surface area contributed by atoms with E-state index in [-0.39, 0.29) is 73.5 Å². The minimum Gasteiger partial charge on any atom is -0.507 e. The second-order valence-electron chi connectivity index (χ2n) is 20.0. The van der Waals surface area contributed by atoms with Gasteiger partial charge in [-0.2, -0.15) is 0 Å². The van der Waals surface area contributed by atoms with Gasteiger partial charge in [0, 0.05) is 68.1 Å². The van der Waals surface area contributed by atoms with E-state index in [1.54, 1.807) is 32.1 Å². The van der Waals surface area contributed by atoms with Gasteiger partial charge in [0.1, 0.15) is 28.6 Å². The van der Waals surface area contributed by atoms with Crippen LogP contribution in [-0.4, -0.2) is 100 Å². The minimum atomic E-state index is -1.92. The van der Waals surface area contributed by atoms with Crippen molar-refractivity contribution < 1.29 is 53.1 Å². The number of phenolic OH excluding ortho intramolecular Hbond substituents is 2. The molecule has 0 saturated carbocycles. The van der Waals surface area contributed by atoms with Crippen molar-refractivity contribution in [3.05, 3.63) is 58.0 Å². The molecule has 0 unspecified atom stereocenters. The summed E-state index contributed by atoms with van der Waals surface area (Å²) in [5, 5.41) is 39.2. The molecule has 350 valence electrons. The highest BCUT2D eigenvalue weighted by Gasteiger charge is 2.51. The van der Waals surface area contributed by atoms with Crippen LogP contribution in [0.25, 0.3) is 10.8 Å². The summed E-state index contributed by atoms with van der Waals surface area (Å²) >= 11 is 0. The number of ether oxygens (including phenoxy) is 4. The molecule has 4 heterocycles. The van der Waals surface area contributed by atoms with E-state index in [0.717, 1.165) is 24.1 Å². The van der Waals surface area contributed by atoms with Crippen LogP contribution in [0.4, 0.5) is 5.69 Å². The van der Waals surface area contributed by atoms with Crippen molar-refractivity contribution in [3.63, 3.8) is 0 Å². The van der Waals surface area contributed by atoms with Gasteiger partial charge in [-0.1, -0.05) is 66.7 Å². The fraction of sp³-hybridized carbons (Fsp3) is 0.620. The molecule has 14 heteroatoms. The number of carbonyl (C=O) groups is 3. The van der Waals surface area contributed by atoms with Gasteiger partial charge < -0.3 is 44.1 Å². The standard InChI is InChI=1S/C50H70N4O10/c1-25(2)24-54(26(3)4)21-19-50(20-22-54)52-39-36-37-43(57)33(11)46-38(36)47(59)49(13,64-46)62-23-18-35(61-14)32(10)45(63-34(12)55)31(9)29(7)30(8)42(56)27(5)16-15-17-28(6)48(60)51-41(44(37)58)40(39)53-50/h15-18,23,25-27,29-32,35,42,45,56H,19-22,24H2,1-14H3,(H2-,51,52,53,57,58,59,60)/p+1/b16-15+,23-18+,28-17-/t27-,29+,30-,31+,32+,35-,42-,45-,49-,50?,54?/m0/s1. The van der Waals surface area contributed by atoms with Gasteiger partial charge in [0.25, 0.3) is 11.7 Å². The zero-order chi connectivity index (χ0) is 47.4. The first-order valence-electron chi connectivity index (χ1n) is 23.0. The lowest BCUT2D eigenvalue weighted by Crippen LogP contribution is -2.61. The Balaban J connectivity index is 1.56. The molecular formula is C50H71N4O10+. The zero-order valence-electron chi connectivity index (χ0n) is 40.2. The van der Waals surface area contributed by atoms with Gasteiger partial charge in [-0.05, 0) is 51.5 Å². The summed E-state index contributed by atoms with van der Waals surface area (Å²) in [6.45, 7) is 27.4.